The molecule has 0 aliphatic carbocycles. The number of aliphatic hydroxyl groups is 1. The number of nitrogens with one attached hydrogen (secondary N) is 1. The summed E-state index contributed by atoms with van der Waals surface area (Å²) in [5.41, 5.74) is 0.662. The molecule has 4 heteroatoms. The van der Waals surface area contributed by atoms with Crippen LogP contribution in [0.25, 0.3) is 0 Å². The summed E-state index contributed by atoms with van der Waals surface area (Å²) in [4.78, 5) is 0. The van der Waals surface area contributed by atoms with Crippen LogP contribution >= 0.6 is 11.6 Å². The van der Waals surface area contributed by atoms with Gasteiger partial charge in [0.25, 0.3) is 0 Å². The minimum absolute atomic E-state index is 0.176. The van der Waals surface area contributed by atoms with Gasteiger partial charge in [0, 0.05) is 23.7 Å². The van der Waals surface area contributed by atoms with E-state index in [9.17, 15) is 5.11 Å². The lowest BCUT2D eigenvalue weighted by Gasteiger charge is -2.09. The lowest BCUT2D eigenvalue weighted by Crippen LogP contribution is -2.23. The van der Waals surface area contributed by atoms with Crippen LogP contribution in [0, 0.1) is 0 Å². The van der Waals surface area contributed by atoms with E-state index >= 15 is 0 Å². The van der Waals surface area contributed by atoms with Crippen molar-refractivity contribution in [3.63, 3.8) is 0 Å². The fourth-order valence-corrected chi connectivity index (χ4v) is 1.36. The molecule has 0 saturated heterocycles. The highest BCUT2D eigenvalue weighted by Gasteiger charge is 2.05. The van der Waals surface area contributed by atoms with Crippen molar-refractivity contribution < 1.29 is 10.2 Å². The quantitative estimate of drug-likeness (QED) is 0.714. The highest BCUT2D eigenvalue weighted by molar-refractivity contribution is 6.31. The van der Waals surface area contributed by atoms with Gasteiger partial charge in [-0.2, -0.15) is 0 Å². The van der Waals surface area contributed by atoms with Gasteiger partial charge in [-0.1, -0.05) is 17.7 Å². The van der Waals surface area contributed by atoms with Gasteiger partial charge in [-0.15, -0.1) is 0 Å². The Morgan fingerprint density at radius 1 is 1.50 bits per heavy atom. The van der Waals surface area contributed by atoms with Crippen molar-refractivity contribution in [3.05, 3.63) is 28.8 Å². The normalized spacial score (nSPS) is 12.8. The average molecular weight is 216 g/mol. The van der Waals surface area contributed by atoms with Gasteiger partial charge in [-0.3, -0.25) is 0 Å². The van der Waals surface area contributed by atoms with Gasteiger partial charge in [0.1, 0.15) is 5.75 Å². The van der Waals surface area contributed by atoms with Gasteiger partial charge < -0.3 is 15.5 Å². The number of phenols is 1. The van der Waals surface area contributed by atoms with Crippen LogP contribution in [0.2, 0.25) is 5.02 Å². The van der Waals surface area contributed by atoms with Crippen LogP contribution in [-0.4, -0.2) is 22.9 Å². The van der Waals surface area contributed by atoms with Crippen LogP contribution in [0.1, 0.15) is 12.5 Å². The van der Waals surface area contributed by atoms with E-state index < -0.39 is 6.10 Å². The van der Waals surface area contributed by atoms with Gasteiger partial charge in [0.15, 0.2) is 0 Å². The standard InChI is InChI=1S/C10H14ClNO2/c1-7(13)5-12-6-8-9(11)3-2-4-10(8)14/h2-4,7,12-14H,5-6H2,1H3. The Labute approximate surface area is 88.3 Å². The molecule has 78 valence electrons. The number of benzene rings is 1. The molecule has 0 saturated carbocycles. The van der Waals surface area contributed by atoms with E-state index in [4.69, 9.17) is 16.7 Å². The van der Waals surface area contributed by atoms with Crippen molar-refractivity contribution in [2.24, 2.45) is 0 Å². The van der Waals surface area contributed by atoms with Gasteiger partial charge in [-0.05, 0) is 19.1 Å². The first-order chi connectivity index (χ1) is 6.61. The fourth-order valence-electron chi connectivity index (χ4n) is 1.13. The number of aliphatic hydroxyl groups excluding tert-OH is 1. The summed E-state index contributed by atoms with van der Waals surface area (Å²) in [5.74, 6) is 0.176. The largest absolute Gasteiger partial charge is 0.508 e. The predicted molar refractivity (Wildman–Crippen MR) is 56.5 cm³/mol. The molecule has 1 aromatic rings. The van der Waals surface area contributed by atoms with Crippen molar-refractivity contribution in [2.45, 2.75) is 19.6 Å². The van der Waals surface area contributed by atoms with E-state index in [-0.39, 0.29) is 5.75 Å². The molecule has 0 amide bonds. The minimum Gasteiger partial charge on any atom is -0.508 e. The zero-order valence-corrected chi connectivity index (χ0v) is 8.75. The first-order valence-corrected chi connectivity index (χ1v) is 4.84. The Morgan fingerprint density at radius 3 is 2.79 bits per heavy atom. The minimum atomic E-state index is -0.403. The summed E-state index contributed by atoms with van der Waals surface area (Å²) in [6.07, 6.45) is -0.403. The smallest absolute Gasteiger partial charge is 0.121 e. The Balaban J connectivity index is 2.58. The third-order valence-corrected chi connectivity index (χ3v) is 2.19. The summed E-state index contributed by atoms with van der Waals surface area (Å²) in [6.45, 7) is 2.63. The maximum Gasteiger partial charge on any atom is 0.121 e. The summed E-state index contributed by atoms with van der Waals surface area (Å²) in [6, 6.07) is 5.00. The second-order valence-electron chi connectivity index (χ2n) is 3.22. The third kappa shape index (κ3) is 3.18. The van der Waals surface area contributed by atoms with Crippen LogP contribution in [-0.2, 0) is 6.54 Å². The number of hydrogen-bond donors (Lipinski definition) is 3. The Morgan fingerprint density at radius 2 is 2.21 bits per heavy atom. The van der Waals surface area contributed by atoms with E-state index in [2.05, 4.69) is 5.32 Å². The van der Waals surface area contributed by atoms with Crippen LogP contribution in [0.5, 0.6) is 5.75 Å². The number of phenolic OH excluding ortho intramolecular Hbond substituents is 1. The van der Waals surface area contributed by atoms with Crippen LogP contribution in [0.4, 0.5) is 0 Å². The molecule has 0 aliphatic rings. The molecule has 0 aromatic heterocycles. The average Bonchev–Trinajstić information content (AvgIpc) is 2.09. The molecule has 14 heavy (non-hydrogen) atoms. The molecule has 1 unspecified atom stereocenters. The first-order valence-electron chi connectivity index (χ1n) is 4.46. The number of aromatic hydroxyl groups is 1. The fraction of sp³-hybridized carbons (Fsp3) is 0.400. The van der Waals surface area contributed by atoms with Crippen molar-refractivity contribution in [2.75, 3.05) is 6.54 Å². The topological polar surface area (TPSA) is 52.5 Å². The zero-order valence-electron chi connectivity index (χ0n) is 8.00. The lowest BCUT2D eigenvalue weighted by molar-refractivity contribution is 0.191. The highest BCUT2D eigenvalue weighted by atomic mass is 35.5. The maximum atomic E-state index is 9.47. The molecule has 1 atom stereocenters. The zero-order chi connectivity index (χ0) is 10.6. The summed E-state index contributed by atoms with van der Waals surface area (Å²) in [7, 11) is 0. The number of hydrogen-bond acceptors (Lipinski definition) is 3. The molecule has 0 fully saturated rings. The van der Waals surface area contributed by atoms with Gasteiger partial charge in [0.2, 0.25) is 0 Å². The molecular formula is C10H14ClNO2. The van der Waals surface area contributed by atoms with Gasteiger partial charge in [-0.25, -0.2) is 0 Å². The number of rotatable bonds is 4. The lowest BCUT2D eigenvalue weighted by atomic mass is 10.2. The third-order valence-electron chi connectivity index (χ3n) is 1.84. The van der Waals surface area contributed by atoms with Crippen LogP contribution < -0.4 is 5.32 Å². The highest BCUT2D eigenvalue weighted by Crippen LogP contribution is 2.24. The molecule has 0 aliphatic heterocycles. The Hall–Kier alpha value is -0.770. The second kappa shape index (κ2) is 5.20. The summed E-state index contributed by atoms with van der Waals surface area (Å²) in [5, 5.41) is 22.0. The van der Waals surface area contributed by atoms with Gasteiger partial charge in [0.05, 0.1) is 6.10 Å². The van der Waals surface area contributed by atoms with Crippen LogP contribution in [0.15, 0.2) is 18.2 Å². The monoisotopic (exact) mass is 215 g/mol. The van der Waals surface area contributed by atoms with Crippen molar-refractivity contribution in [3.8, 4) is 5.75 Å². The molecule has 3 nitrogen and oxygen atoms in total. The van der Waals surface area contributed by atoms with Crippen molar-refractivity contribution >= 4 is 11.6 Å². The second-order valence-corrected chi connectivity index (χ2v) is 3.62. The molecule has 0 spiro atoms. The first kappa shape index (κ1) is 11.3. The van der Waals surface area contributed by atoms with Crippen molar-refractivity contribution in [1.82, 2.24) is 5.32 Å². The van der Waals surface area contributed by atoms with E-state index in [1.54, 1.807) is 25.1 Å². The summed E-state index contributed by atoms with van der Waals surface area (Å²) < 4.78 is 0. The van der Waals surface area contributed by atoms with E-state index in [0.29, 0.717) is 23.7 Å². The van der Waals surface area contributed by atoms with E-state index in [1.807, 2.05) is 0 Å². The molecule has 3 N–H and O–H groups in total. The van der Waals surface area contributed by atoms with Gasteiger partial charge >= 0.3 is 0 Å². The maximum absolute atomic E-state index is 9.47. The Bertz CT molecular complexity index is 282. The molecule has 0 radical (unpaired) electrons. The SMILES string of the molecule is CC(O)CNCc1c(O)cccc1Cl. The van der Waals surface area contributed by atoms with Crippen LogP contribution in [0.3, 0.4) is 0 Å². The summed E-state index contributed by atoms with van der Waals surface area (Å²) >= 11 is 5.88. The number of halogens is 1. The van der Waals surface area contributed by atoms with E-state index in [1.165, 1.54) is 0 Å². The molecule has 1 rings (SSSR count). The molecule has 0 heterocycles. The Kier molecular flexibility index (Phi) is 4.20. The molecular weight excluding hydrogens is 202 g/mol. The predicted octanol–water partition coefficient (Wildman–Crippen LogP) is 1.52. The van der Waals surface area contributed by atoms with E-state index in [0.717, 1.165) is 0 Å². The molecule has 1 aromatic carbocycles. The molecule has 0 bridgehead atoms. The van der Waals surface area contributed by atoms with Crippen molar-refractivity contribution in [1.29, 1.82) is 0 Å².